The van der Waals surface area contributed by atoms with E-state index in [0.717, 1.165) is 44.0 Å². The molecule has 0 spiro atoms. The van der Waals surface area contributed by atoms with Crippen molar-refractivity contribution in [2.24, 2.45) is 12.8 Å². The zero-order valence-corrected chi connectivity index (χ0v) is 14.4. The topological polar surface area (TPSA) is 67.4 Å². The normalized spacial score (nSPS) is 17.8. The van der Waals surface area contributed by atoms with Crippen molar-refractivity contribution in [2.45, 2.75) is 19.5 Å². The van der Waals surface area contributed by atoms with Crippen molar-refractivity contribution >= 4 is 5.91 Å². The average molecular weight is 327 g/mol. The Labute approximate surface area is 142 Å². The van der Waals surface area contributed by atoms with Gasteiger partial charge in [0.1, 0.15) is 0 Å². The lowest BCUT2D eigenvalue weighted by atomic mass is 10.1. The predicted octanol–water partition coefficient (Wildman–Crippen LogP) is 1.08. The van der Waals surface area contributed by atoms with Crippen LogP contribution in [0.3, 0.4) is 0 Å². The van der Waals surface area contributed by atoms with E-state index in [1.54, 1.807) is 0 Å². The van der Waals surface area contributed by atoms with Crippen molar-refractivity contribution in [3.8, 4) is 11.3 Å². The largest absolute Gasteiger partial charge is 0.368 e. The first-order valence-corrected chi connectivity index (χ1v) is 8.38. The van der Waals surface area contributed by atoms with Crippen LogP contribution in [0.1, 0.15) is 12.5 Å². The zero-order chi connectivity index (χ0) is 17.1. The van der Waals surface area contributed by atoms with Crippen LogP contribution < -0.4 is 5.73 Å². The van der Waals surface area contributed by atoms with Crippen molar-refractivity contribution in [2.75, 3.05) is 26.2 Å². The third kappa shape index (κ3) is 3.66. The highest BCUT2D eigenvalue weighted by Gasteiger charge is 2.24. The lowest BCUT2D eigenvalue weighted by Crippen LogP contribution is -2.52. The SMILES string of the molecule is CC(C(N)=O)N1CCN(Cc2cn(C)nc2-c2ccccc2)CC1. The number of nitrogens with zero attached hydrogens (tertiary/aromatic N) is 4. The summed E-state index contributed by atoms with van der Waals surface area (Å²) in [4.78, 5) is 15.9. The molecule has 1 unspecified atom stereocenters. The van der Waals surface area contributed by atoms with Gasteiger partial charge in [0.05, 0.1) is 11.7 Å². The fourth-order valence-electron chi connectivity index (χ4n) is 3.22. The smallest absolute Gasteiger partial charge is 0.234 e. The van der Waals surface area contributed by atoms with Gasteiger partial charge in [0.15, 0.2) is 0 Å². The quantitative estimate of drug-likeness (QED) is 0.892. The number of benzene rings is 1. The number of rotatable bonds is 5. The van der Waals surface area contributed by atoms with Gasteiger partial charge in [0.2, 0.25) is 5.91 Å². The maximum absolute atomic E-state index is 11.3. The molecule has 1 atom stereocenters. The van der Waals surface area contributed by atoms with Crippen molar-refractivity contribution in [3.63, 3.8) is 0 Å². The second kappa shape index (κ2) is 7.15. The molecule has 6 nitrogen and oxygen atoms in total. The van der Waals surface area contributed by atoms with E-state index in [4.69, 9.17) is 5.73 Å². The van der Waals surface area contributed by atoms with E-state index in [1.165, 1.54) is 5.56 Å². The highest BCUT2D eigenvalue weighted by molar-refractivity contribution is 5.79. The Bertz CT molecular complexity index is 689. The van der Waals surface area contributed by atoms with Crippen LogP contribution in [0.25, 0.3) is 11.3 Å². The van der Waals surface area contributed by atoms with Gasteiger partial charge in [-0.3, -0.25) is 19.3 Å². The maximum atomic E-state index is 11.3. The molecule has 0 saturated carbocycles. The van der Waals surface area contributed by atoms with Gasteiger partial charge in [-0.25, -0.2) is 0 Å². The first kappa shape index (κ1) is 16.7. The Morgan fingerprint density at radius 1 is 1.21 bits per heavy atom. The van der Waals surface area contributed by atoms with E-state index in [-0.39, 0.29) is 11.9 Å². The summed E-state index contributed by atoms with van der Waals surface area (Å²) in [5, 5.41) is 4.63. The van der Waals surface area contributed by atoms with E-state index in [0.29, 0.717) is 0 Å². The third-order valence-corrected chi connectivity index (χ3v) is 4.71. The standard InChI is InChI=1S/C18H25N5O/c1-14(18(19)24)23-10-8-22(9-11-23)13-16-12-21(2)20-17(16)15-6-4-3-5-7-15/h3-7,12,14H,8-11,13H2,1-2H3,(H2,19,24). The van der Waals surface area contributed by atoms with E-state index in [1.807, 2.05) is 36.9 Å². The zero-order valence-electron chi connectivity index (χ0n) is 14.4. The molecule has 0 aliphatic carbocycles. The van der Waals surface area contributed by atoms with Crippen LogP contribution in [0.5, 0.6) is 0 Å². The number of hydrogen-bond acceptors (Lipinski definition) is 4. The molecule has 2 heterocycles. The fraction of sp³-hybridized carbons (Fsp3) is 0.444. The second-order valence-corrected chi connectivity index (χ2v) is 6.43. The van der Waals surface area contributed by atoms with E-state index < -0.39 is 0 Å². The molecule has 0 bridgehead atoms. The predicted molar refractivity (Wildman–Crippen MR) is 94.2 cm³/mol. The number of piperazine rings is 1. The van der Waals surface area contributed by atoms with Crippen molar-refractivity contribution in [1.29, 1.82) is 0 Å². The molecule has 3 rings (SSSR count). The summed E-state index contributed by atoms with van der Waals surface area (Å²) in [6.07, 6.45) is 2.10. The maximum Gasteiger partial charge on any atom is 0.234 e. The van der Waals surface area contributed by atoms with Gasteiger partial charge in [-0.2, -0.15) is 5.10 Å². The summed E-state index contributed by atoms with van der Waals surface area (Å²) < 4.78 is 1.88. The molecule has 2 N–H and O–H groups in total. The summed E-state index contributed by atoms with van der Waals surface area (Å²) in [6, 6.07) is 10.1. The number of aryl methyl sites for hydroxylation is 1. The molecule has 1 saturated heterocycles. The minimum atomic E-state index is -0.248. The molecule has 0 radical (unpaired) electrons. The van der Waals surface area contributed by atoms with Crippen molar-refractivity contribution < 1.29 is 4.79 Å². The van der Waals surface area contributed by atoms with Crippen LogP contribution >= 0.6 is 0 Å². The lowest BCUT2D eigenvalue weighted by molar-refractivity contribution is -0.123. The summed E-state index contributed by atoms with van der Waals surface area (Å²) in [5.74, 6) is -0.248. The van der Waals surface area contributed by atoms with Gasteiger partial charge in [0.25, 0.3) is 0 Å². The van der Waals surface area contributed by atoms with E-state index in [9.17, 15) is 4.79 Å². The van der Waals surface area contributed by atoms with Gasteiger partial charge in [-0.15, -0.1) is 0 Å². The molecule has 1 aliphatic heterocycles. The Hall–Kier alpha value is -2.18. The minimum absolute atomic E-state index is 0.189. The Morgan fingerprint density at radius 2 is 1.88 bits per heavy atom. The number of hydrogen-bond donors (Lipinski definition) is 1. The van der Waals surface area contributed by atoms with Crippen molar-refractivity contribution in [1.82, 2.24) is 19.6 Å². The van der Waals surface area contributed by atoms with Gasteiger partial charge < -0.3 is 5.73 Å². The molecule has 1 fully saturated rings. The molecular weight excluding hydrogens is 302 g/mol. The van der Waals surface area contributed by atoms with Crippen LogP contribution in [0.15, 0.2) is 36.5 Å². The number of aromatic nitrogens is 2. The van der Waals surface area contributed by atoms with Gasteiger partial charge >= 0.3 is 0 Å². The Morgan fingerprint density at radius 3 is 2.50 bits per heavy atom. The first-order chi connectivity index (χ1) is 11.5. The van der Waals surface area contributed by atoms with E-state index in [2.05, 4.69) is 33.2 Å². The van der Waals surface area contributed by atoms with Crippen LogP contribution in [0.2, 0.25) is 0 Å². The summed E-state index contributed by atoms with van der Waals surface area (Å²) in [5.41, 5.74) is 8.84. The number of carbonyl (C=O) groups excluding carboxylic acids is 1. The number of carbonyl (C=O) groups is 1. The molecular formula is C18H25N5O. The molecule has 1 aromatic carbocycles. The highest BCUT2D eigenvalue weighted by Crippen LogP contribution is 2.23. The van der Waals surface area contributed by atoms with Crippen LogP contribution in [-0.2, 0) is 18.4 Å². The summed E-state index contributed by atoms with van der Waals surface area (Å²) in [6.45, 7) is 6.35. The molecule has 128 valence electrons. The van der Waals surface area contributed by atoms with Gasteiger partial charge in [0, 0.05) is 57.1 Å². The second-order valence-electron chi connectivity index (χ2n) is 6.43. The van der Waals surface area contributed by atoms with Gasteiger partial charge in [-0.1, -0.05) is 30.3 Å². The minimum Gasteiger partial charge on any atom is -0.368 e. The summed E-state index contributed by atoms with van der Waals surface area (Å²) >= 11 is 0. The van der Waals surface area contributed by atoms with E-state index >= 15 is 0 Å². The monoisotopic (exact) mass is 327 g/mol. The van der Waals surface area contributed by atoms with Crippen LogP contribution in [0, 0.1) is 0 Å². The average Bonchev–Trinajstić information content (AvgIpc) is 2.96. The fourth-order valence-corrected chi connectivity index (χ4v) is 3.22. The lowest BCUT2D eigenvalue weighted by Gasteiger charge is -2.36. The van der Waals surface area contributed by atoms with Gasteiger partial charge in [-0.05, 0) is 6.92 Å². The molecule has 1 aliphatic rings. The number of amides is 1. The third-order valence-electron chi connectivity index (χ3n) is 4.71. The number of nitrogens with two attached hydrogens (primary N) is 1. The molecule has 1 aromatic heterocycles. The molecule has 1 amide bonds. The Balaban J connectivity index is 1.67. The van der Waals surface area contributed by atoms with Crippen LogP contribution in [-0.4, -0.2) is 57.7 Å². The Kier molecular flexibility index (Phi) is 4.97. The summed E-state index contributed by atoms with van der Waals surface area (Å²) in [7, 11) is 1.96. The molecule has 6 heteroatoms. The molecule has 24 heavy (non-hydrogen) atoms. The van der Waals surface area contributed by atoms with Crippen LogP contribution in [0.4, 0.5) is 0 Å². The first-order valence-electron chi connectivity index (χ1n) is 8.38. The molecule has 2 aromatic rings. The number of primary amides is 1. The van der Waals surface area contributed by atoms with Crippen molar-refractivity contribution in [3.05, 3.63) is 42.1 Å². The highest BCUT2D eigenvalue weighted by atomic mass is 16.1.